The summed E-state index contributed by atoms with van der Waals surface area (Å²) in [5.41, 5.74) is 0.664. The average molecular weight is 557 g/mol. The van der Waals surface area contributed by atoms with Gasteiger partial charge in [-0.05, 0) is 75.5 Å². The summed E-state index contributed by atoms with van der Waals surface area (Å²) in [4.78, 5) is 7.47. The number of hydrogen-bond donors (Lipinski definition) is 2. The number of hydrogen-bond acceptors (Lipinski definition) is 6. The molecular weight excluding hydrogens is 543 g/mol. The lowest BCUT2D eigenvalue weighted by Crippen LogP contribution is -2.29. The Morgan fingerprint density at radius 2 is 1.08 bits per heavy atom. The molecule has 12 heteroatoms. The molecule has 36 heavy (non-hydrogen) atoms. The van der Waals surface area contributed by atoms with Crippen molar-refractivity contribution in [2.45, 2.75) is 0 Å². The largest absolute Gasteiger partial charge is 0.488 e. The van der Waals surface area contributed by atoms with Crippen molar-refractivity contribution in [2.75, 3.05) is 0 Å². The fourth-order valence-electron chi connectivity index (χ4n) is 2.59. The van der Waals surface area contributed by atoms with Gasteiger partial charge in [0, 0.05) is 24.8 Å². The Hall–Kier alpha value is -4.10. The van der Waals surface area contributed by atoms with Crippen LogP contribution in [0.3, 0.4) is 0 Å². The Balaban J connectivity index is 0.000000200. The van der Waals surface area contributed by atoms with Crippen LogP contribution in [0.5, 0.6) is 0 Å². The molecule has 0 saturated heterocycles. The molecule has 0 atom stereocenters. The molecule has 180 valence electrons. The highest BCUT2D eigenvalue weighted by Crippen LogP contribution is 2.26. The predicted octanol–water partition coefficient (Wildman–Crippen LogP) is 4.26. The van der Waals surface area contributed by atoms with E-state index in [0.717, 1.165) is 24.3 Å². The van der Waals surface area contributed by atoms with Crippen LogP contribution in [0.2, 0.25) is 0 Å². The van der Waals surface area contributed by atoms with E-state index in [1.54, 1.807) is 24.3 Å². The van der Waals surface area contributed by atoms with Gasteiger partial charge in [-0.1, -0.05) is 0 Å². The first-order valence-electron chi connectivity index (χ1n) is 9.78. The van der Waals surface area contributed by atoms with Gasteiger partial charge in [0.05, 0.1) is 33.3 Å². The van der Waals surface area contributed by atoms with Crippen LogP contribution in [-0.2, 0) is 0 Å². The van der Waals surface area contributed by atoms with Crippen LogP contribution in [0.15, 0.2) is 77.8 Å². The fourth-order valence-corrected chi connectivity index (χ4v) is 2.82. The molecule has 0 fully saturated rings. The number of pyridine rings is 2. The van der Waals surface area contributed by atoms with Gasteiger partial charge in [-0.15, -0.1) is 0 Å². The minimum absolute atomic E-state index is 0.0248. The summed E-state index contributed by atoms with van der Waals surface area (Å²) >= 11 is 2.68. The van der Waals surface area contributed by atoms with Crippen molar-refractivity contribution in [3.8, 4) is 23.3 Å². The quantitative estimate of drug-likeness (QED) is 0.217. The van der Waals surface area contributed by atoms with Crippen LogP contribution < -0.4 is 5.46 Å². The van der Waals surface area contributed by atoms with E-state index < -0.39 is 30.4 Å². The summed E-state index contributed by atoms with van der Waals surface area (Å²) in [7, 11) is -1.38. The lowest BCUT2D eigenvalue weighted by Gasteiger charge is -2.04. The van der Waals surface area contributed by atoms with E-state index in [1.807, 2.05) is 0 Å². The Morgan fingerprint density at radius 1 is 0.694 bits per heavy atom. The van der Waals surface area contributed by atoms with Crippen molar-refractivity contribution >= 4 is 28.5 Å². The van der Waals surface area contributed by atoms with Gasteiger partial charge < -0.3 is 10.0 Å². The highest BCUT2D eigenvalue weighted by molar-refractivity contribution is 9.10. The number of rotatable bonds is 2. The van der Waals surface area contributed by atoms with Gasteiger partial charge in [0.2, 0.25) is 0 Å². The SMILES string of the molecule is N#Cc1cc(F)c(-c2ccncc2)c(F)c1.N#Cc1cc(F)c(Br)c(F)c1.OB(O)c1ccncc1. The second-order valence-corrected chi connectivity index (χ2v) is 7.48. The Bertz CT molecular complexity index is 1350. The molecule has 0 radical (unpaired) electrons. The van der Waals surface area contributed by atoms with Crippen molar-refractivity contribution in [2.24, 2.45) is 0 Å². The molecule has 0 bridgehead atoms. The molecule has 2 N–H and O–H groups in total. The number of nitrogens with zero attached hydrogens (tertiary/aromatic N) is 4. The molecule has 0 aliphatic heterocycles. The van der Waals surface area contributed by atoms with Crippen molar-refractivity contribution in [1.29, 1.82) is 10.5 Å². The normalized spacial score (nSPS) is 9.47. The summed E-state index contributed by atoms with van der Waals surface area (Å²) in [5, 5.41) is 33.9. The zero-order valence-electron chi connectivity index (χ0n) is 18.1. The Kier molecular flexibility index (Phi) is 10.7. The van der Waals surface area contributed by atoms with E-state index in [0.29, 0.717) is 11.0 Å². The Labute approximate surface area is 212 Å². The second-order valence-electron chi connectivity index (χ2n) is 6.68. The first-order valence-corrected chi connectivity index (χ1v) is 10.6. The van der Waals surface area contributed by atoms with Crippen molar-refractivity contribution in [3.05, 3.63) is 112 Å². The summed E-state index contributed by atoms with van der Waals surface area (Å²) in [5.74, 6) is -3.02. The number of benzene rings is 2. The molecule has 2 aromatic carbocycles. The maximum Gasteiger partial charge on any atom is 0.488 e. The van der Waals surface area contributed by atoms with E-state index >= 15 is 0 Å². The predicted molar refractivity (Wildman–Crippen MR) is 127 cm³/mol. The molecule has 0 amide bonds. The topological polar surface area (TPSA) is 114 Å². The first kappa shape index (κ1) is 28.1. The third-order valence-electron chi connectivity index (χ3n) is 4.26. The van der Waals surface area contributed by atoms with Gasteiger partial charge in [-0.3, -0.25) is 9.97 Å². The van der Waals surface area contributed by atoms with E-state index in [9.17, 15) is 17.6 Å². The highest BCUT2D eigenvalue weighted by atomic mass is 79.9. The van der Waals surface area contributed by atoms with Gasteiger partial charge in [0.1, 0.15) is 23.3 Å². The van der Waals surface area contributed by atoms with Crippen LogP contribution in [0.25, 0.3) is 11.1 Å². The number of halogens is 5. The van der Waals surface area contributed by atoms with Crippen LogP contribution in [0.1, 0.15) is 11.1 Å². The fraction of sp³-hybridized carbons (Fsp3) is 0. The molecular formula is C24H14BBrF4N4O2. The molecule has 4 aromatic rings. The monoisotopic (exact) mass is 556 g/mol. The van der Waals surface area contributed by atoms with Crippen LogP contribution in [-0.4, -0.2) is 27.1 Å². The summed E-state index contributed by atoms with van der Waals surface area (Å²) < 4.78 is 52.1. The lowest BCUT2D eigenvalue weighted by atomic mass is 9.81. The third kappa shape index (κ3) is 7.99. The molecule has 0 saturated carbocycles. The maximum absolute atomic E-state index is 13.6. The van der Waals surface area contributed by atoms with Crippen molar-refractivity contribution in [3.63, 3.8) is 0 Å². The number of aromatic nitrogens is 2. The molecule has 0 aliphatic rings. The van der Waals surface area contributed by atoms with E-state index in [4.69, 9.17) is 20.6 Å². The molecule has 0 unspecified atom stereocenters. The number of nitriles is 2. The van der Waals surface area contributed by atoms with Crippen molar-refractivity contribution in [1.82, 2.24) is 9.97 Å². The molecule has 2 aromatic heterocycles. The minimum atomic E-state index is -1.38. The maximum atomic E-state index is 13.6. The van der Waals surface area contributed by atoms with Crippen molar-refractivity contribution < 1.29 is 27.6 Å². The highest BCUT2D eigenvalue weighted by Gasteiger charge is 2.13. The van der Waals surface area contributed by atoms with Gasteiger partial charge >= 0.3 is 7.12 Å². The lowest BCUT2D eigenvalue weighted by molar-refractivity contribution is 0.425. The molecule has 2 heterocycles. The third-order valence-corrected chi connectivity index (χ3v) is 5.01. The second kappa shape index (κ2) is 13.7. The molecule has 6 nitrogen and oxygen atoms in total. The molecule has 0 spiro atoms. The summed E-state index contributed by atoms with van der Waals surface area (Å²) in [6.45, 7) is 0. The summed E-state index contributed by atoms with van der Waals surface area (Å²) in [6, 6.07) is 13.4. The molecule has 0 aliphatic carbocycles. The smallest absolute Gasteiger partial charge is 0.423 e. The van der Waals surface area contributed by atoms with E-state index in [-0.39, 0.29) is 21.2 Å². The van der Waals surface area contributed by atoms with E-state index in [1.165, 1.54) is 36.9 Å². The minimum Gasteiger partial charge on any atom is -0.423 e. The van der Waals surface area contributed by atoms with Crippen LogP contribution in [0, 0.1) is 45.9 Å². The standard InChI is InChI=1S/C12H6F2N2.C7H2BrF2N.C5H6BNO2/c13-10-5-8(7-15)6-11(14)12(10)9-1-3-16-4-2-9;8-7-5(9)1-4(3-11)2-6(7)10;8-6(9)5-1-3-7-4-2-5/h1-6H;1-2H;1-4,8-9H. The first-order chi connectivity index (χ1) is 17.2. The van der Waals surface area contributed by atoms with Gasteiger partial charge in [0.25, 0.3) is 0 Å². The van der Waals surface area contributed by atoms with Gasteiger partial charge in [-0.2, -0.15) is 10.5 Å². The zero-order chi connectivity index (χ0) is 26.7. The Morgan fingerprint density at radius 3 is 1.44 bits per heavy atom. The van der Waals surface area contributed by atoms with Crippen LogP contribution >= 0.6 is 15.9 Å². The zero-order valence-corrected chi connectivity index (χ0v) is 19.7. The summed E-state index contributed by atoms with van der Waals surface area (Å²) in [6.07, 6.45) is 5.92. The molecule has 4 rings (SSSR count). The average Bonchev–Trinajstić information content (AvgIpc) is 2.88. The van der Waals surface area contributed by atoms with Gasteiger partial charge in [0.15, 0.2) is 0 Å². The van der Waals surface area contributed by atoms with E-state index in [2.05, 4.69) is 25.9 Å². The van der Waals surface area contributed by atoms with Crippen LogP contribution in [0.4, 0.5) is 17.6 Å². The van der Waals surface area contributed by atoms with Gasteiger partial charge in [-0.25, -0.2) is 17.6 Å².